The molecule has 0 saturated carbocycles. The van der Waals surface area contributed by atoms with Gasteiger partial charge in [-0.1, -0.05) is 12.1 Å². The first-order valence-corrected chi connectivity index (χ1v) is 5.96. The van der Waals surface area contributed by atoms with Crippen LogP contribution in [0.1, 0.15) is 5.56 Å². The summed E-state index contributed by atoms with van der Waals surface area (Å²) in [7, 11) is -0.0385. The maximum Gasteiger partial charge on any atom is 0.122 e. The van der Waals surface area contributed by atoms with E-state index in [-0.39, 0.29) is 16.7 Å². The van der Waals surface area contributed by atoms with E-state index in [9.17, 15) is 0 Å². The number of hydrogen-bond donors (Lipinski definition) is 3. The van der Waals surface area contributed by atoms with Crippen LogP contribution in [0.4, 0.5) is 0 Å². The molecule has 0 atom stereocenters. The van der Waals surface area contributed by atoms with Crippen molar-refractivity contribution in [3.8, 4) is 0 Å². The number of rotatable bonds is 2. The fourth-order valence-electron chi connectivity index (χ4n) is 0.939. The lowest BCUT2D eigenvalue weighted by atomic mass is 10.2. The molecular formula is C9H14N2S. The summed E-state index contributed by atoms with van der Waals surface area (Å²) in [5.74, 6) is 0.137. The molecule has 0 heterocycles. The molecule has 0 bridgehead atoms. The Balaban J connectivity index is 2.93. The van der Waals surface area contributed by atoms with Gasteiger partial charge in [-0.05, 0) is 29.5 Å². The first kappa shape index (κ1) is 9.13. The molecule has 3 N–H and O–H groups in total. The second kappa shape index (κ2) is 3.63. The Morgan fingerprint density at radius 1 is 1.25 bits per heavy atom. The van der Waals surface area contributed by atoms with Crippen molar-refractivity contribution in [2.45, 2.75) is 4.90 Å². The predicted octanol–water partition coefficient (Wildman–Crippen LogP) is 1.59. The largest absolute Gasteiger partial charge is 0.384 e. The van der Waals surface area contributed by atoms with Gasteiger partial charge in [0.2, 0.25) is 0 Å². The smallest absolute Gasteiger partial charge is 0.122 e. The minimum Gasteiger partial charge on any atom is -0.384 e. The second-order valence-corrected chi connectivity index (χ2v) is 5.16. The van der Waals surface area contributed by atoms with Crippen LogP contribution in [0.5, 0.6) is 0 Å². The number of nitrogens with two attached hydrogens (primary N) is 1. The molecule has 0 amide bonds. The molecule has 0 fully saturated rings. The van der Waals surface area contributed by atoms with Crippen molar-refractivity contribution in [3.63, 3.8) is 0 Å². The molecule has 0 spiro atoms. The van der Waals surface area contributed by atoms with Gasteiger partial charge >= 0.3 is 0 Å². The molecule has 0 unspecified atom stereocenters. The summed E-state index contributed by atoms with van der Waals surface area (Å²) in [5, 5.41) is 7.20. The molecule has 0 aliphatic heterocycles. The van der Waals surface area contributed by atoms with E-state index >= 15 is 0 Å². The number of benzene rings is 1. The van der Waals surface area contributed by atoms with Crippen molar-refractivity contribution in [2.24, 2.45) is 5.73 Å². The zero-order valence-electron chi connectivity index (χ0n) is 7.33. The summed E-state index contributed by atoms with van der Waals surface area (Å²) in [5.41, 5.74) is 6.13. The van der Waals surface area contributed by atoms with Crippen LogP contribution in [0.2, 0.25) is 0 Å². The van der Waals surface area contributed by atoms with Gasteiger partial charge in [-0.25, -0.2) is 10.9 Å². The van der Waals surface area contributed by atoms with Crippen LogP contribution >= 0.6 is 10.9 Å². The summed E-state index contributed by atoms with van der Waals surface area (Å²) in [6.07, 6.45) is 4.41. The van der Waals surface area contributed by atoms with Gasteiger partial charge in [-0.3, -0.25) is 5.41 Å². The van der Waals surface area contributed by atoms with Gasteiger partial charge in [-0.2, -0.15) is 0 Å². The number of amidine groups is 1. The van der Waals surface area contributed by atoms with Crippen LogP contribution in [0.15, 0.2) is 29.2 Å². The van der Waals surface area contributed by atoms with E-state index in [1.165, 1.54) is 4.90 Å². The highest BCUT2D eigenvalue weighted by atomic mass is 32.2. The van der Waals surface area contributed by atoms with E-state index in [0.717, 1.165) is 5.56 Å². The number of nitrogen functional groups attached to an aromatic ring is 1. The van der Waals surface area contributed by atoms with Gasteiger partial charge in [0.25, 0.3) is 0 Å². The SMILES string of the molecule is C[SH](C)c1ccc(C(=N)N)cc1. The van der Waals surface area contributed by atoms with E-state index in [0.29, 0.717) is 0 Å². The van der Waals surface area contributed by atoms with E-state index in [1.54, 1.807) is 0 Å². The highest BCUT2D eigenvalue weighted by molar-refractivity contribution is 8.15. The van der Waals surface area contributed by atoms with Gasteiger partial charge in [0.1, 0.15) is 5.84 Å². The second-order valence-electron chi connectivity index (χ2n) is 2.85. The third-order valence-corrected chi connectivity index (χ3v) is 3.03. The topological polar surface area (TPSA) is 49.9 Å². The van der Waals surface area contributed by atoms with Crippen LogP contribution in [0.3, 0.4) is 0 Å². The van der Waals surface area contributed by atoms with Gasteiger partial charge < -0.3 is 5.73 Å². The number of thiol groups is 1. The van der Waals surface area contributed by atoms with Crippen molar-refractivity contribution < 1.29 is 0 Å². The zero-order valence-corrected chi connectivity index (χ0v) is 8.23. The molecule has 0 aliphatic rings. The highest BCUT2D eigenvalue weighted by Crippen LogP contribution is 2.27. The first-order valence-electron chi connectivity index (χ1n) is 3.73. The summed E-state index contributed by atoms with van der Waals surface area (Å²) >= 11 is 0. The Morgan fingerprint density at radius 2 is 1.75 bits per heavy atom. The molecule has 3 heteroatoms. The number of nitrogens with one attached hydrogen (secondary N) is 1. The quantitative estimate of drug-likeness (QED) is 0.363. The van der Waals surface area contributed by atoms with Crippen molar-refractivity contribution in [3.05, 3.63) is 29.8 Å². The molecular weight excluding hydrogens is 168 g/mol. The Labute approximate surface area is 75.6 Å². The van der Waals surface area contributed by atoms with Crippen molar-refractivity contribution in [1.29, 1.82) is 5.41 Å². The molecule has 1 rings (SSSR count). The summed E-state index contributed by atoms with van der Waals surface area (Å²) in [4.78, 5) is 1.34. The maximum absolute atomic E-state index is 7.20. The average Bonchev–Trinajstić information content (AvgIpc) is 2.04. The Morgan fingerprint density at radius 3 is 2.08 bits per heavy atom. The van der Waals surface area contributed by atoms with Crippen molar-refractivity contribution in [1.82, 2.24) is 0 Å². The van der Waals surface area contributed by atoms with Crippen molar-refractivity contribution in [2.75, 3.05) is 12.5 Å². The first-order chi connectivity index (χ1) is 5.61. The van der Waals surface area contributed by atoms with Gasteiger partial charge in [0, 0.05) is 5.56 Å². The predicted molar refractivity (Wildman–Crippen MR) is 56.6 cm³/mol. The molecule has 0 aromatic heterocycles. The normalized spacial score (nSPS) is 11.0. The van der Waals surface area contributed by atoms with E-state index in [4.69, 9.17) is 11.1 Å². The third-order valence-electron chi connectivity index (χ3n) is 1.69. The minimum absolute atomic E-state index is 0.0385. The highest BCUT2D eigenvalue weighted by Gasteiger charge is 1.97. The average molecular weight is 182 g/mol. The summed E-state index contributed by atoms with van der Waals surface area (Å²) in [6.45, 7) is 0. The third kappa shape index (κ3) is 2.01. The van der Waals surface area contributed by atoms with Gasteiger partial charge in [-0.15, -0.1) is 0 Å². The van der Waals surface area contributed by atoms with Crippen molar-refractivity contribution >= 4 is 16.7 Å². The number of hydrogen-bond acceptors (Lipinski definition) is 1. The molecule has 1 aromatic carbocycles. The Hall–Kier alpha value is -0.960. The zero-order chi connectivity index (χ0) is 9.14. The molecule has 12 heavy (non-hydrogen) atoms. The standard InChI is InChI=1S/C9H14N2S/c1-12(2)8-5-3-7(4-6-8)9(10)11/h3-6,12H,1-2H3,(H3,10,11). The molecule has 0 saturated heterocycles. The van der Waals surface area contributed by atoms with E-state index in [2.05, 4.69) is 12.5 Å². The van der Waals surface area contributed by atoms with Gasteiger partial charge in [0.15, 0.2) is 0 Å². The van der Waals surface area contributed by atoms with Crippen LogP contribution < -0.4 is 5.73 Å². The van der Waals surface area contributed by atoms with Crippen LogP contribution in [0.25, 0.3) is 0 Å². The fourth-order valence-corrected chi connectivity index (χ4v) is 1.68. The van der Waals surface area contributed by atoms with Crippen LogP contribution in [-0.4, -0.2) is 18.3 Å². The van der Waals surface area contributed by atoms with Crippen LogP contribution in [-0.2, 0) is 0 Å². The molecule has 1 aromatic rings. The maximum atomic E-state index is 7.20. The van der Waals surface area contributed by atoms with Gasteiger partial charge in [0.05, 0.1) is 0 Å². The Kier molecular flexibility index (Phi) is 2.76. The van der Waals surface area contributed by atoms with E-state index in [1.807, 2.05) is 24.3 Å². The van der Waals surface area contributed by atoms with Crippen LogP contribution in [0, 0.1) is 5.41 Å². The molecule has 66 valence electrons. The lowest BCUT2D eigenvalue weighted by Crippen LogP contribution is -2.10. The van der Waals surface area contributed by atoms with E-state index < -0.39 is 0 Å². The minimum atomic E-state index is -0.0385. The lowest BCUT2D eigenvalue weighted by Gasteiger charge is -2.09. The lowest BCUT2D eigenvalue weighted by molar-refractivity contribution is 1.38. The Bertz CT molecular complexity index is 277. The molecule has 0 radical (unpaired) electrons. The molecule has 0 aliphatic carbocycles. The molecule has 2 nitrogen and oxygen atoms in total. The summed E-state index contributed by atoms with van der Waals surface area (Å²) < 4.78 is 0. The summed E-state index contributed by atoms with van der Waals surface area (Å²) in [6, 6.07) is 7.89. The fraction of sp³-hybridized carbons (Fsp3) is 0.222. The monoisotopic (exact) mass is 182 g/mol.